The van der Waals surface area contributed by atoms with Crippen molar-refractivity contribution in [3.05, 3.63) is 40.5 Å². The SMILES string of the molecule is CCc1ccc(-c2sc(C)nc2C(=O)N2C[C@H]3C[C@H]3[C@H]2CN)cc1. The molecule has 2 N–H and O–H groups in total. The standard InChI is InChI=1S/C19H23N3OS/c1-3-12-4-6-13(7-5-12)18-17(21-11(2)24-18)19(23)22-10-14-8-15(14)16(22)9-20/h4-7,14-16H,3,8-10,20H2,1-2H3/t14-,15-,16-/m1/s1. The second kappa shape index (κ2) is 5.97. The summed E-state index contributed by atoms with van der Waals surface area (Å²) in [4.78, 5) is 20.6. The highest BCUT2D eigenvalue weighted by Crippen LogP contribution is 2.49. The van der Waals surface area contributed by atoms with Crippen LogP contribution in [0.15, 0.2) is 24.3 Å². The van der Waals surface area contributed by atoms with E-state index in [1.54, 1.807) is 11.3 Å². The number of aryl methyl sites for hydroxylation is 2. The number of hydrogen-bond donors (Lipinski definition) is 1. The topological polar surface area (TPSA) is 59.2 Å². The third kappa shape index (κ3) is 2.56. The van der Waals surface area contributed by atoms with Gasteiger partial charge in [-0.2, -0.15) is 0 Å². The molecule has 1 aromatic heterocycles. The molecule has 126 valence electrons. The van der Waals surface area contributed by atoms with E-state index in [9.17, 15) is 4.79 Å². The molecule has 2 fully saturated rings. The summed E-state index contributed by atoms with van der Waals surface area (Å²) in [6, 6.07) is 8.66. The molecular formula is C19H23N3OS. The van der Waals surface area contributed by atoms with Crippen LogP contribution in [0.3, 0.4) is 0 Å². The van der Waals surface area contributed by atoms with Crippen LogP contribution in [0.1, 0.15) is 34.4 Å². The summed E-state index contributed by atoms with van der Waals surface area (Å²) < 4.78 is 0. The molecule has 2 aliphatic rings. The van der Waals surface area contributed by atoms with Crippen molar-refractivity contribution in [2.24, 2.45) is 17.6 Å². The third-order valence-electron chi connectivity index (χ3n) is 5.37. The van der Waals surface area contributed by atoms with Crippen molar-refractivity contribution in [3.8, 4) is 10.4 Å². The number of rotatable bonds is 4. The normalized spacial score (nSPS) is 25.0. The second-order valence-corrected chi connectivity index (χ2v) is 8.08. The average molecular weight is 341 g/mol. The van der Waals surface area contributed by atoms with Crippen LogP contribution in [0.5, 0.6) is 0 Å². The number of thiazole rings is 1. The van der Waals surface area contributed by atoms with Gasteiger partial charge in [0, 0.05) is 19.1 Å². The predicted molar refractivity (Wildman–Crippen MR) is 97.1 cm³/mol. The Kier molecular flexibility index (Phi) is 3.93. The number of hydrogen-bond acceptors (Lipinski definition) is 4. The largest absolute Gasteiger partial charge is 0.332 e. The Bertz CT molecular complexity index is 767. The van der Waals surface area contributed by atoms with Gasteiger partial charge in [-0.3, -0.25) is 4.79 Å². The Hall–Kier alpha value is -1.72. The molecule has 0 spiro atoms. The molecule has 1 saturated heterocycles. The number of benzene rings is 1. The van der Waals surface area contributed by atoms with E-state index in [2.05, 4.69) is 36.2 Å². The zero-order chi connectivity index (χ0) is 16.8. The Morgan fingerprint density at radius 3 is 2.79 bits per heavy atom. The molecule has 0 unspecified atom stereocenters. The van der Waals surface area contributed by atoms with Crippen molar-refractivity contribution in [2.45, 2.75) is 32.7 Å². The van der Waals surface area contributed by atoms with Gasteiger partial charge < -0.3 is 10.6 Å². The van der Waals surface area contributed by atoms with Gasteiger partial charge in [-0.15, -0.1) is 11.3 Å². The summed E-state index contributed by atoms with van der Waals surface area (Å²) in [5, 5.41) is 0.932. The lowest BCUT2D eigenvalue weighted by Crippen LogP contribution is -2.43. The summed E-state index contributed by atoms with van der Waals surface area (Å²) >= 11 is 1.60. The molecule has 2 heterocycles. The first kappa shape index (κ1) is 15.8. The van der Waals surface area contributed by atoms with Gasteiger partial charge in [0.05, 0.1) is 9.88 Å². The van der Waals surface area contributed by atoms with E-state index >= 15 is 0 Å². The molecule has 1 aliphatic carbocycles. The predicted octanol–water partition coefficient (Wildman–Crippen LogP) is 3.10. The summed E-state index contributed by atoms with van der Waals surface area (Å²) in [6.07, 6.45) is 2.25. The molecule has 2 aromatic rings. The van der Waals surface area contributed by atoms with Crippen LogP contribution in [-0.2, 0) is 6.42 Å². The maximum absolute atomic E-state index is 13.1. The zero-order valence-corrected chi connectivity index (χ0v) is 15.0. The smallest absolute Gasteiger partial charge is 0.274 e. The lowest BCUT2D eigenvalue weighted by molar-refractivity contribution is 0.0708. The Balaban J connectivity index is 1.67. The van der Waals surface area contributed by atoms with E-state index < -0.39 is 0 Å². The third-order valence-corrected chi connectivity index (χ3v) is 6.39. The van der Waals surface area contributed by atoms with Crippen LogP contribution >= 0.6 is 11.3 Å². The fraction of sp³-hybridized carbons (Fsp3) is 0.474. The summed E-state index contributed by atoms with van der Waals surface area (Å²) in [5.74, 6) is 1.33. The number of piperidine rings is 1. The van der Waals surface area contributed by atoms with E-state index in [0.29, 0.717) is 24.1 Å². The second-order valence-electron chi connectivity index (χ2n) is 6.88. The highest BCUT2D eigenvalue weighted by Gasteiger charge is 2.53. The van der Waals surface area contributed by atoms with E-state index in [1.807, 2.05) is 11.8 Å². The van der Waals surface area contributed by atoms with Crippen LogP contribution in [0, 0.1) is 18.8 Å². The molecule has 3 atom stereocenters. The zero-order valence-electron chi connectivity index (χ0n) is 14.2. The van der Waals surface area contributed by atoms with Gasteiger partial charge in [0.25, 0.3) is 5.91 Å². The maximum atomic E-state index is 13.1. The molecule has 4 rings (SSSR count). The Morgan fingerprint density at radius 2 is 2.12 bits per heavy atom. The van der Waals surface area contributed by atoms with Crippen LogP contribution in [0.25, 0.3) is 10.4 Å². The van der Waals surface area contributed by atoms with Crippen LogP contribution in [0.2, 0.25) is 0 Å². The average Bonchev–Trinajstić information content (AvgIpc) is 3.11. The molecular weight excluding hydrogens is 318 g/mol. The molecule has 0 radical (unpaired) electrons. The van der Waals surface area contributed by atoms with Gasteiger partial charge in [-0.25, -0.2) is 4.98 Å². The monoisotopic (exact) mass is 341 g/mol. The fourth-order valence-corrected chi connectivity index (χ4v) is 4.82. The molecule has 0 bridgehead atoms. The van der Waals surface area contributed by atoms with Gasteiger partial charge >= 0.3 is 0 Å². The number of nitrogens with zero attached hydrogens (tertiary/aromatic N) is 2. The first-order chi connectivity index (χ1) is 11.6. The number of aromatic nitrogens is 1. The van der Waals surface area contributed by atoms with Gasteiger partial charge in [0.2, 0.25) is 0 Å². The number of amides is 1. The van der Waals surface area contributed by atoms with Crippen molar-refractivity contribution >= 4 is 17.2 Å². The minimum Gasteiger partial charge on any atom is -0.332 e. The van der Waals surface area contributed by atoms with Gasteiger partial charge in [0.15, 0.2) is 0 Å². The Labute approximate surface area is 146 Å². The fourth-order valence-electron chi connectivity index (χ4n) is 3.90. The van der Waals surface area contributed by atoms with Crippen molar-refractivity contribution in [2.75, 3.05) is 13.1 Å². The number of fused-ring (bicyclic) bond motifs is 1. The van der Waals surface area contributed by atoms with E-state index in [1.165, 1.54) is 12.0 Å². The first-order valence-electron chi connectivity index (χ1n) is 8.70. The molecule has 1 saturated carbocycles. The van der Waals surface area contributed by atoms with Crippen molar-refractivity contribution in [3.63, 3.8) is 0 Å². The quantitative estimate of drug-likeness (QED) is 0.929. The molecule has 4 nitrogen and oxygen atoms in total. The minimum absolute atomic E-state index is 0.0524. The number of carbonyl (C=O) groups excluding carboxylic acids is 1. The van der Waals surface area contributed by atoms with Crippen LogP contribution in [0.4, 0.5) is 0 Å². The van der Waals surface area contributed by atoms with Crippen LogP contribution < -0.4 is 5.73 Å². The highest BCUT2D eigenvalue weighted by molar-refractivity contribution is 7.15. The van der Waals surface area contributed by atoms with Crippen molar-refractivity contribution in [1.82, 2.24) is 9.88 Å². The molecule has 24 heavy (non-hydrogen) atoms. The van der Waals surface area contributed by atoms with Gasteiger partial charge in [-0.1, -0.05) is 31.2 Å². The van der Waals surface area contributed by atoms with E-state index in [-0.39, 0.29) is 11.9 Å². The lowest BCUT2D eigenvalue weighted by atomic mass is 10.1. The highest BCUT2D eigenvalue weighted by atomic mass is 32.1. The summed E-state index contributed by atoms with van der Waals surface area (Å²) in [7, 11) is 0. The van der Waals surface area contributed by atoms with Crippen molar-refractivity contribution in [1.29, 1.82) is 0 Å². The minimum atomic E-state index is 0.0524. The maximum Gasteiger partial charge on any atom is 0.274 e. The number of likely N-dealkylation sites (tertiary alicyclic amines) is 1. The van der Waals surface area contributed by atoms with Crippen molar-refractivity contribution < 1.29 is 4.79 Å². The molecule has 5 heteroatoms. The number of carbonyl (C=O) groups is 1. The summed E-state index contributed by atoms with van der Waals surface area (Å²) in [6.45, 7) is 5.51. The first-order valence-corrected chi connectivity index (χ1v) is 9.51. The Morgan fingerprint density at radius 1 is 1.38 bits per heavy atom. The molecule has 1 aromatic carbocycles. The van der Waals surface area contributed by atoms with Gasteiger partial charge in [-0.05, 0) is 42.7 Å². The van der Waals surface area contributed by atoms with E-state index in [0.717, 1.165) is 28.4 Å². The van der Waals surface area contributed by atoms with E-state index in [4.69, 9.17) is 5.73 Å². The lowest BCUT2D eigenvalue weighted by Gasteiger charge is -2.26. The van der Waals surface area contributed by atoms with Crippen LogP contribution in [-0.4, -0.2) is 34.9 Å². The van der Waals surface area contributed by atoms with Gasteiger partial charge in [0.1, 0.15) is 5.69 Å². The number of nitrogens with two attached hydrogens (primary N) is 1. The molecule has 1 aliphatic heterocycles. The summed E-state index contributed by atoms with van der Waals surface area (Å²) in [5.41, 5.74) is 8.91. The molecule has 1 amide bonds.